The van der Waals surface area contributed by atoms with E-state index in [9.17, 15) is 4.79 Å². The summed E-state index contributed by atoms with van der Waals surface area (Å²) < 4.78 is 5.15. The topological polar surface area (TPSA) is 61.3 Å². The van der Waals surface area contributed by atoms with Gasteiger partial charge in [0.05, 0.1) is 6.26 Å². The molecule has 2 N–H and O–H groups in total. The van der Waals surface area contributed by atoms with E-state index in [2.05, 4.69) is 45.7 Å². The van der Waals surface area contributed by atoms with Crippen LogP contribution in [0.3, 0.4) is 0 Å². The van der Waals surface area contributed by atoms with Crippen LogP contribution in [-0.2, 0) is 6.42 Å². The maximum absolute atomic E-state index is 12.0. The first kappa shape index (κ1) is 16.0. The second kappa shape index (κ2) is 7.15. The van der Waals surface area contributed by atoms with Crippen LogP contribution >= 0.6 is 0 Å². The van der Waals surface area contributed by atoms with E-state index in [0.29, 0.717) is 5.76 Å². The third kappa shape index (κ3) is 3.61. The SMILES string of the molecule is O=C(NC1CCN(CCc2c[nH]c3ccccc23)CC1)c1ccco1. The molecule has 5 nitrogen and oxygen atoms in total. The van der Waals surface area contributed by atoms with Gasteiger partial charge in [0.1, 0.15) is 0 Å². The van der Waals surface area contributed by atoms with E-state index in [-0.39, 0.29) is 11.9 Å². The van der Waals surface area contributed by atoms with Crippen LogP contribution in [0.1, 0.15) is 29.0 Å². The molecule has 0 aliphatic carbocycles. The van der Waals surface area contributed by atoms with E-state index in [4.69, 9.17) is 4.42 Å². The molecule has 0 unspecified atom stereocenters. The Morgan fingerprint density at radius 2 is 2.04 bits per heavy atom. The molecule has 130 valence electrons. The summed E-state index contributed by atoms with van der Waals surface area (Å²) >= 11 is 0. The highest BCUT2D eigenvalue weighted by Crippen LogP contribution is 2.19. The lowest BCUT2D eigenvalue weighted by Crippen LogP contribution is -2.45. The second-order valence-electron chi connectivity index (χ2n) is 6.68. The number of hydrogen-bond acceptors (Lipinski definition) is 3. The Balaban J connectivity index is 1.26. The van der Waals surface area contributed by atoms with E-state index >= 15 is 0 Å². The highest BCUT2D eigenvalue weighted by Gasteiger charge is 2.22. The number of nitrogens with one attached hydrogen (secondary N) is 2. The van der Waals surface area contributed by atoms with Gasteiger partial charge in [-0.05, 0) is 43.0 Å². The fourth-order valence-corrected chi connectivity index (χ4v) is 3.58. The van der Waals surface area contributed by atoms with Gasteiger partial charge in [-0.1, -0.05) is 18.2 Å². The Bertz CT molecular complexity index is 830. The molecule has 1 aromatic carbocycles. The van der Waals surface area contributed by atoms with Crippen molar-refractivity contribution in [3.05, 3.63) is 60.2 Å². The molecule has 0 atom stereocenters. The molecular weight excluding hydrogens is 314 g/mol. The van der Waals surface area contributed by atoms with Crippen molar-refractivity contribution in [3.8, 4) is 0 Å². The summed E-state index contributed by atoms with van der Waals surface area (Å²) in [6, 6.07) is 12.1. The summed E-state index contributed by atoms with van der Waals surface area (Å²) in [7, 11) is 0. The molecule has 0 spiro atoms. The van der Waals surface area contributed by atoms with Gasteiger partial charge < -0.3 is 19.6 Å². The van der Waals surface area contributed by atoms with Crippen molar-refractivity contribution >= 4 is 16.8 Å². The number of fused-ring (bicyclic) bond motifs is 1. The van der Waals surface area contributed by atoms with Crippen LogP contribution in [0, 0.1) is 0 Å². The van der Waals surface area contributed by atoms with Gasteiger partial charge in [0.15, 0.2) is 5.76 Å². The number of carbonyl (C=O) groups excluding carboxylic acids is 1. The summed E-state index contributed by atoms with van der Waals surface area (Å²) in [6.07, 6.45) is 6.68. The van der Waals surface area contributed by atoms with Crippen molar-refractivity contribution in [1.82, 2.24) is 15.2 Å². The molecule has 0 saturated carbocycles. The predicted molar refractivity (Wildman–Crippen MR) is 97.6 cm³/mol. The monoisotopic (exact) mass is 337 g/mol. The molecule has 1 fully saturated rings. The van der Waals surface area contributed by atoms with Crippen molar-refractivity contribution in [2.24, 2.45) is 0 Å². The van der Waals surface area contributed by atoms with E-state index in [1.807, 2.05) is 0 Å². The van der Waals surface area contributed by atoms with Crippen LogP contribution in [0.5, 0.6) is 0 Å². The Morgan fingerprint density at radius 1 is 1.20 bits per heavy atom. The minimum Gasteiger partial charge on any atom is -0.459 e. The molecule has 3 aromatic rings. The van der Waals surface area contributed by atoms with E-state index in [0.717, 1.165) is 38.9 Å². The first-order chi connectivity index (χ1) is 12.3. The average Bonchev–Trinajstić information content (AvgIpc) is 3.31. The lowest BCUT2D eigenvalue weighted by molar-refractivity contribution is 0.0883. The van der Waals surface area contributed by atoms with E-state index < -0.39 is 0 Å². The smallest absolute Gasteiger partial charge is 0.287 e. The second-order valence-corrected chi connectivity index (χ2v) is 6.68. The number of para-hydroxylation sites is 1. The number of rotatable bonds is 5. The van der Waals surface area contributed by atoms with Crippen LogP contribution in [-0.4, -0.2) is 41.5 Å². The van der Waals surface area contributed by atoms with Crippen molar-refractivity contribution in [2.45, 2.75) is 25.3 Å². The highest BCUT2D eigenvalue weighted by atomic mass is 16.3. The van der Waals surface area contributed by atoms with Gasteiger partial charge in [-0.15, -0.1) is 0 Å². The fraction of sp³-hybridized carbons (Fsp3) is 0.350. The van der Waals surface area contributed by atoms with E-state index in [1.165, 1.54) is 22.7 Å². The van der Waals surface area contributed by atoms with Crippen LogP contribution in [0.2, 0.25) is 0 Å². The minimum absolute atomic E-state index is 0.109. The molecule has 1 aliphatic rings. The molecule has 3 heterocycles. The van der Waals surface area contributed by atoms with Crippen molar-refractivity contribution in [2.75, 3.05) is 19.6 Å². The third-order valence-electron chi connectivity index (χ3n) is 5.04. The number of likely N-dealkylation sites (tertiary alicyclic amines) is 1. The zero-order valence-electron chi connectivity index (χ0n) is 14.2. The number of carbonyl (C=O) groups is 1. The van der Waals surface area contributed by atoms with Gasteiger partial charge in [-0.3, -0.25) is 4.79 Å². The number of hydrogen-bond donors (Lipinski definition) is 2. The highest BCUT2D eigenvalue weighted by molar-refractivity contribution is 5.91. The quantitative estimate of drug-likeness (QED) is 0.751. The predicted octanol–water partition coefficient (Wildman–Crippen LogP) is 3.20. The average molecular weight is 337 g/mol. The molecule has 1 amide bonds. The number of benzene rings is 1. The number of nitrogens with zero attached hydrogens (tertiary/aromatic N) is 1. The zero-order chi connectivity index (χ0) is 17.1. The normalized spacial score (nSPS) is 16.3. The number of amides is 1. The molecule has 0 radical (unpaired) electrons. The molecule has 1 aliphatic heterocycles. The number of H-pyrrole nitrogens is 1. The van der Waals surface area contributed by atoms with Crippen molar-refractivity contribution < 1.29 is 9.21 Å². The van der Waals surface area contributed by atoms with Crippen molar-refractivity contribution in [3.63, 3.8) is 0 Å². The first-order valence-electron chi connectivity index (χ1n) is 8.91. The van der Waals surface area contributed by atoms with Gasteiger partial charge in [0.25, 0.3) is 5.91 Å². The Kier molecular flexibility index (Phi) is 4.57. The van der Waals surface area contributed by atoms with Crippen LogP contribution in [0.4, 0.5) is 0 Å². The number of aromatic amines is 1. The zero-order valence-corrected chi connectivity index (χ0v) is 14.2. The lowest BCUT2D eigenvalue weighted by Gasteiger charge is -2.32. The van der Waals surface area contributed by atoms with Gasteiger partial charge in [-0.25, -0.2) is 0 Å². The molecule has 4 rings (SSSR count). The molecule has 25 heavy (non-hydrogen) atoms. The summed E-state index contributed by atoms with van der Waals surface area (Å²) in [5, 5.41) is 4.39. The Hall–Kier alpha value is -2.53. The Labute approximate surface area is 147 Å². The van der Waals surface area contributed by atoms with E-state index in [1.54, 1.807) is 12.1 Å². The molecule has 5 heteroatoms. The van der Waals surface area contributed by atoms with Gasteiger partial charge >= 0.3 is 0 Å². The number of aromatic nitrogens is 1. The number of piperidine rings is 1. The summed E-state index contributed by atoms with van der Waals surface area (Å²) in [5.74, 6) is 0.281. The minimum atomic E-state index is -0.109. The molecule has 1 saturated heterocycles. The standard InChI is InChI=1S/C20H23N3O2/c24-20(19-6-3-13-25-19)22-16-8-11-23(12-9-16)10-7-15-14-21-18-5-2-1-4-17(15)18/h1-6,13-14,16,21H,7-12H2,(H,22,24). The maximum Gasteiger partial charge on any atom is 0.287 e. The summed E-state index contributed by atoms with van der Waals surface area (Å²) in [5.41, 5.74) is 2.58. The molecule has 0 bridgehead atoms. The largest absolute Gasteiger partial charge is 0.459 e. The number of furan rings is 1. The van der Waals surface area contributed by atoms with Gasteiger partial charge in [-0.2, -0.15) is 0 Å². The lowest BCUT2D eigenvalue weighted by atomic mass is 10.0. The maximum atomic E-state index is 12.0. The molecule has 2 aromatic heterocycles. The van der Waals surface area contributed by atoms with Crippen molar-refractivity contribution in [1.29, 1.82) is 0 Å². The summed E-state index contributed by atoms with van der Waals surface area (Å²) in [4.78, 5) is 17.9. The van der Waals surface area contributed by atoms with Crippen LogP contribution in [0.25, 0.3) is 10.9 Å². The third-order valence-corrected chi connectivity index (χ3v) is 5.04. The summed E-state index contributed by atoms with van der Waals surface area (Å²) in [6.45, 7) is 3.09. The van der Waals surface area contributed by atoms with Gasteiger partial charge in [0, 0.05) is 42.8 Å². The van der Waals surface area contributed by atoms with Gasteiger partial charge in [0.2, 0.25) is 0 Å². The molecular formula is C20H23N3O2. The van der Waals surface area contributed by atoms with Crippen LogP contribution in [0.15, 0.2) is 53.3 Å². The fourth-order valence-electron chi connectivity index (χ4n) is 3.58. The first-order valence-corrected chi connectivity index (χ1v) is 8.91. The Morgan fingerprint density at radius 3 is 2.84 bits per heavy atom. The van der Waals surface area contributed by atoms with Crippen LogP contribution < -0.4 is 5.32 Å².